The lowest BCUT2D eigenvalue weighted by atomic mass is 10.1. The maximum absolute atomic E-state index is 12.3. The van der Waals surface area contributed by atoms with Gasteiger partial charge in [-0.25, -0.2) is 0 Å². The van der Waals surface area contributed by atoms with Gasteiger partial charge in [-0.05, 0) is 29.1 Å². The molecule has 0 spiro atoms. The standard InChI is InChI=1S/C18H20N2O3S/c1-23-15-6-4-13(5-7-15)11-20-12-14(9-17(20)21)18(22)19-10-16-3-2-8-24-16/h2-8,14H,9-12H2,1H3,(H,19,22)/t14-/m1/s1. The minimum atomic E-state index is -0.268. The van der Waals surface area contributed by atoms with E-state index in [0.29, 0.717) is 19.6 Å². The van der Waals surface area contributed by atoms with Gasteiger partial charge in [0.05, 0.1) is 19.6 Å². The molecule has 0 saturated carbocycles. The number of ether oxygens (including phenoxy) is 1. The molecule has 0 aliphatic carbocycles. The van der Waals surface area contributed by atoms with Gasteiger partial charge in [-0.15, -0.1) is 11.3 Å². The molecule has 1 N–H and O–H groups in total. The molecule has 2 amide bonds. The average molecular weight is 344 g/mol. The Bertz CT molecular complexity index is 698. The molecule has 1 saturated heterocycles. The van der Waals surface area contributed by atoms with Crippen LogP contribution in [0.2, 0.25) is 0 Å². The fourth-order valence-electron chi connectivity index (χ4n) is 2.78. The van der Waals surface area contributed by atoms with Gasteiger partial charge in [-0.2, -0.15) is 0 Å². The highest BCUT2D eigenvalue weighted by Crippen LogP contribution is 2.21. The molecule has 1 aromatic heterocycles. The number of hydrogen-bond acceptors (Lipinski definition) is 4. The van der Waals surface area contributed by atoms with Crippen molar-refractivity contribution in [3.8, 4) is 5.75 Å². The first-order valence-electron chi connectivity index (χ1n) is 7.86. The number of hydrogen-bond donors (Lipinski definition) is 1. The fourth-order valence-corrected chi connectivity index (χ4v) is 3.43. The number of benzene rings is 1. The average Bonchev–Trinajstić information content (AvgIpc) is 3.24. The molecule has 1 fully saturated rings. The van der Waals surface area contributed by atoms with Crippen molar-refractivity contribution in [3.05, 3.63) is 52.2 Å². The monoisotopic (exact) mass is 344 g/mol. The summed E-state index contributed by atoms with van der Waals surface area (Å²) >= 11 is 1.61. The van der Waals surface area contributed by atoms with Crippen molar-refractivity contribution >= 4 is 23.2 Å². The van der Waals surface area contributed by atoms with Gasteiger partial charge in [0.15, 0.2) is 0 Å². The summed E-state index contributed by atoms with van der Waals surface area (Å²) in [6, 6.07) is 11.6. The molecule has 126 valence electrons. The predicted molar refractivity (Wildman–Crippen MR) is 92.7 cm³/mol. The number of rotatable bonds is 6. The van der Waals surface area contributed by atoms with Crippen LogP contribution < -0.4 is 10.1 Å². The molecular formula is C18H20N2O3S. The number of carbonyl (C=O) groups is 2. The molecule has 1 aliphatic heterocycles. The molecular weight excluding hydrogens is 324 g/mol. The van der Waals surface area contributed by atoms with Gasteiger partial charge in [0.1, 0.15) is 5.75 Å². The molecule has 0 radical (unpaired) electrons. The Morgan fingerprint density at radius 1 is 1.33 bits per heavy atom. The van der Waals surface area contributed by atoms with Gasteiger partial charge in [0.2, 0.25) is 11.8 Å². The normalized spacial score (nSPS) is 17.1. The van der Waals surface area contributed by atoms with Crippen LogP contribution in [0.15, 0.2) is 41.8 Å². The quantitative estimate of drug-likeness (QED) is 0.875. The summed E-state index contributed by atoms with van der Waals surface area (Å²) < 4.78 is 5.13. The third-order valence-electron chi connectivity index (χ3n) is 4.13. The first kappa shape index (κ1) is 16.5. The predicted octanol–water partition coefficient (Wildman–Crippen LogP) is 2.42. The summed E-state index contributed by atoms with van der Waals surface area (Å²) in [5.74, 6) is 0.504. The van der Waals surface area contributed by atoms with Crippen LogP contribution in [0.3, 0.4) is 0 Å². The number of methoxy groups -OCH3 is 1. The third-order valence-corrected chi connectivity index (χ3v) is 5.01. The summed E-state index contributed by atoms with van der Waals surface area (Å²) in [5, 5.41) is 4.91. The molecule has 24 heavy (non-hydrogen) atoms. The van der Waals surface area contributed by atoms with E-state index in [2.05, 4.69) is 5.32 Å². The van der Waals surface area contributed by atoms with E-state index in [9.17, 15) is 9.59 Å². The number of thiophene rings is 1. The van der Waals surface area contributed by atoms with Crippen molar-refractivity contribution in [2.24, 2.45) is 5.92 Å². The van der Waals surface area contributed by atoms with E-state index in [0.717, 1.165) is 16.2 Å². The summed E-state index contributed by atoms with van der Waals surface area (Å²) in [7, 11) is 1.62. The molecule has 2 heterocycles. The van der Waals surface area contributed by atoms with Crippen molar-refractivity contribution in [1.82, 2.24) is 10.2 Å². The van der Waals surface area contributed by atoms with Crippen LogP contribution in [0.25, 0.3) is 0 Å². The molecule has 5 nitrogen and oxygen atoms in total. The van der Waals surface area contributed by atoms with Crippen LogP contribution in [-0.2, 0) is 22.7 Å². The number of carbonyl (C=O) groups excluding carboxylic acids is 2. The number of nitrogens with one attached hydrogen (secondary N) is 1. The Hall–Kier alpha value is -2.34. The van der Waals surface area contributed by atoms with Crippen LogP contribution in [0.1, 0.15) is 16.9 Å². The fraction of sp³-hybridized carbons (Fsp3) is 0.333. The van der Waals surface area contributed by atoms with E-state index in [4.69, 9.17) is 4.74 Å². The Balaban J connectivity index is 1.53. The maximum atomic E-state index is 12.3. The van der Waals surface area contributed by atoms with Crippen LogP contribution in [0, 0.1) is 5.92 Å². The van der Waals surface area contributed by atoms with Gasteiger partial charge >= 0.3 is 0 Å². The lowest BCUT2D eigenvalue weighted by Crippen LogP contribution is -2.32. The Kier molecular flexibility index (Phi) is 5.15. The lowest BCUT2D eigenvalue weighted by molar-refractivity contribution is -0.129. The van der Waals surface area contributed by atoms with Crippen molar-refractivity contribution in [2.45, 2.75) is 19.5 Å². The van der Waals surface area contributed by atoms with Gasteiger partial charge in [-0.1, -0.05) is 18.2 Å². The molecule has 1 aromatic carbocycles. The topological polar surface area (TPSA) is 58.6 Å². The summed E-state index contributed by atoms with van der Waals surface area (Å²) in [6.45, 7) is 1.53. The van der Waals surface area contributed by atoms with E-state index in [-0.39, 0.29) is 24.2 Å². The highest BCUT2D eigenvalue weighted by atomic mass is 32.1. The number of likely N-dealkylation sites (tertiary alicyclic amines) is 1. The van der Waals surface area contributed by atoms with Crippen molar-refractivity contribution in [1.29, 1.82) is 0 Å². The van der Waals surface area contributed by atoms with E-state index in [1.54, 1.807) is 23.3 Å². The second-order valence-electron chi connectivity index (χ2n) is 5.82. The third kappa shape index (κ3) is 3.94. The maximum Gasteiger partial charge on any atom is 0.225 e. The molecule has 6 heteroatoms. The minimum absolute atomic E-state index is 0.0297. The molecule has 1 aliphatic rings. The summed E-state index contributed by atoms with van der Waals surface area (Å²) in [4.78, 5) is 27.3. The van der Waals surface area contributed by atoms with Crippen LogP contribution in [0.4, 0.5) is 0 Å². The van der Waals surface area contributed by atoms with Gasteiger partial charge in [0, 0.05) is 24.4 Å². The first-order valence-corrected chi connectivity index (χ1v) is 8.74. The molecule has 0 bridgehead atoms. The lowest BCUT2D eigenvalue weighted by Gasteiger charge is -2.17. The Labute approximate surface area is 145 Å². The van der Waals surface area contributed by atoms with Gasteiger partial charge in [0.25, 0.3) is 0 Å². The summed E-state index contributed by atoms with van der Waals surface area (Å²) in [6.07, 6.45) is 0.284. The highest BCUT2D eigenvalue weighted by Gasteiger charge is 2.34. The molecule has 1 atom stereocenters. The minimum Gasteiger partial charge on any atom is -0.497 e. The van der Waals surface area contributed by atoms with Crippen LogP contribution >= 0.6 is 11.3 Å². The molecule has 0 unspecified atom stereocenters. The van der Waals surface area contributed by atoms with Crippen LogP contribution in [0.5, 0.6) is 5.75 Å². The zero-order valence-electron chi connectivity index (χ0n) is 13.5. The Morgan fingerprint density at radius 3 is 2.79 bits per heavy atom. The smallest absolute Gasteiger partial charge is 0.225 e. The van der Waals surface area contributed by atoms with E-state index in [1.165, 1.54) is 0 Å². The molecule has 3 rings (SSSR count). The number of amides is 2. The largest absolute Gasteiger partial charge is 0.497 e. The van der Waals surface area contributed by atoms with Crippen molar-refractivity contribution in [2.75, 3.05) is 13.7 Å². The van der Waals surface area contributed by atoms with E-state index >= 15 is 0 Å². The Morgan fingerprint density at radius 2 is 2.12 bits per heavy atom. The first-order chi connectivity index (χ1) is 11.7. The molecule has 2 aromatic rings. The second-order valence-corrected chi connectivity index (χ2v) is 6.85. The van der Waals surface area contributed by atoms with Crippen molar-refractivity contribution in [3.63, 3.8) is 0 Å². The zero-order chi connectivity index (χ0) is 16.9. The number of nitrogens with zero attached hydrogens (tertiary/aromatic N) is 1. The zero-order valence-corrected chi connectivity index (χ0v) is 14.3. The van der Waals surface area contributed by atoms with E-state index in [1.807, 2.05) is 41.8 Å². The van der Waals surface area contributed by atoms with Gasteiger partial charge < -0.3 is 15.0 Å². The second kappa shape index (κ2) is 7.49. The van der Waals surface area contributed by atoms with Crippen LogP contribution in [-0.4, -0.2) is 30.4 Å². The van der Waals surface area contributed by atoms with Gasteiger partial charge in [-0.3, -0.25) is 9.59 Å². The summed E-state index contributed by atoms with van der Waals surface area (Å²) in [5.41, 5.74) is 1.03. The van der Waals surface area contributed by atoms with Crippen molar-refractivity contribution < 1.29 is 14.3 Å². The highest BCUT2D eigenvalue weighted by molar-refractivity contribution is 7.09. The van der Waals surface area contributed by atoms with E-state index < -0.39 is 0 Å². The SMILES string of the molecule is COc1ccc(CN2C[C@H](C(=O)NCc3cccs3)CC2=O)cc1.